The van der Waals surface area contributed by atoms with Gasteiger partial charge < -0.3 is 0 Å². The molecule has 0 aromatic heterocycles. The van der Waals surface area contributed by atoms with Crippen molar-refractivity contribution in [2.45, 2.75) is 19.1 Å². The van der Waals surface area contributed by atoms with Crippen LogP contribution in [0, 0.1) is 11.3 Å². The molecule has 0 aliphatic carbocycles. The molecule has 24 heavy (non-hydrogen) atoms. The average Bonchev–Trinajstić information content (AvgIpc) is 2.65. The molecule has 0 aliphatic heterocycles. The normalized spacial score (nSPS) is 11.8. The van der Waals surface area contributed by atoms with E-state index in [0.29, 0.717) is 0 Å². The molecule has 0 heterocycles. The van der Waals surface area contributed by atoms with Crippen LogP contribution in [0.5, 0.6) is 0 Å². The number of rotatable bonds is 6. The largest absolute Gasteiger partial charge is 0.276 e. The van der Waals surface area contributed by atoms with Crippen molar-refractivity contribution in [3.63, 3.8) is 0 Å². The molecule has 2 heteroatoms. The first kappa shape index (κ1) is 16.0. The molecule has 1 atom stereocenters. The second-order valence-electron chi connectivity index (χ2n) is 5.82. The highest BCUT2D eigenvalue weighted by molar-refractivity contribution is 5.26. The van der Waals surface area contributed by atoms with E-state index < -0.39 is 0 Å². The van der Waals surface area contributed by atoms with Crippen LogP contribution in [0.1, 0.15) is 22.7 Å². The zero-order valence-corrected chi connectivity index (χ0v) is 13.5. The van der Waals surface area contributed by atoms with Crippen LogP contribution in [0.15, 0.2) is 91.0 Å². The van der Waals surface area contributed by atoms with Crippen molar-refractivity contribution in [1.29, 1.82) is 5.26 Å². The van der Waals surface area contributed by atoms with E-state index in [2.05, 4.69) is 35.2 Å². The van der Waals surface area contributed by atoms with Gasteiger partial charge in [0.25, 0.3) is 0 Å². The van der Waals surface area contributed by atoms with Gasteiger partial charge in [0, 0.05) is 13.1 Å². The van der Waals surface area contributed by atoms with E-state index in [4.69, 9.17) is 0 Å². The van der Waals surface area contributed by atoms with Gasteiger partial charge >= 0.3 is 0 Å². The van der Waals surface area contributed by atoms with E-state index in [9.17, 15) is 5.26 Å². The fraction of sp³-hybridized carbons (Fsp3) is 0.136. The van der Waals surface area contributed by atoms with Crippen molar-refractivity contribution >= 4 is 0 Å². The summed E-state index contributed by atoms with van der Waals surface area (Å²) in [7, 11) is 0. The smallest absolute Gasteiger partial charge is 0.124 e. The Balaban J connectivity index is 1.90. The van der Waals surface area contributed by atoms with Gasteiger partial charge in [-0.1, -0.05) is 91.0 Å². The highest BCUT2D eigenvalue weighted by atomic mass is 15.1. The summed E-state index contributed by atoms with van der Waals surface area (Å²) in [5.74, 6) is 0. The lowest BCUT2D eigenvalue weighted by Gasteiger charge is -2.27. The first-order valence-corrected chi connectivity index (χ1v) is 8.13. The monoisotopic (exact) mass is 312 g/mol. The number of nitrogens with zero attached hydrogens (tertiary/aromatic N) is 2. The van der Waals surface area contributed by atoms with Crippen molar-refractivity contribution in [3.8, 4) is 6.07 Å². The predicted octanol–water partition coefficient (Wildman–Crippen LogP) is 4.95. The van der Waals surface area contributed by atoms with Crippen LogP contribution in [-0.2, 0) is 13.1 Å². The number of benzene rings is 3. The maximum Gasteiger partial charge on any atom is 0.124 e. The van der Waals surface area contributed by atoms with Crippen LogP contribution in [0.2, 0.25) is 0 Å². The van der Waals surface area contributed by atoms with Crippen molar-refractivity contribution in [1.82, 2.24) is 4.90 Å². The van der Waals surface area contributed by atoms with Crippen LogP contribution in [0.3, 0.4) is 0 Å². The summed E-state index contributed by atoms with van der Waals surface area (Å²) in [5.41, 5.74) is 3.46. The Kier molecular flexibility index (Phi) is 5.40. The third-order valence-electron chi connectivity index (χ3n) is 4.06. The number of hydrogen-bond donors (Lipinski definition) is 0. The SMILES string of the molecule is N#C[C@H](c1ccccc1)N(Cc1ccccc1)Cc1ccccc1. The molecule has 0 fully saturated rings. The second kappa shape index (κ2) is 8.10. The van der Waals surface area contributed by atoms with Crippen LogP contribution in [0.4, 0.5) is 0 Å². The minimum atomic E-state index is -0.272. The summed E-state index contributed by atoms with van der Waals surface area (Å²) in [6.45, 7) is 1.48. The Labute approximate surface area is 143 Å². The van der Waals surface area contributed by atoms with E-state index >= 15 is 0 Å². The molecule has 3 rings (SSSR count). The van der Waals surface area contributed by atoms with Crippen molar-refractivity contribution < 1.29 is 0 Å². The lowest BCUT2D eigenvalue weighted by atomic mass is 10.0. The minimum absolute atomic E-state index is 0.272. The Morgan fingerprint density at radius 1 is 0.667 bits per heavy atom. The molecular weight excluding hydrogens is 292 g/mol. The standard InChI is InChI=1S/C22H20N2/c23-16-22(21-14-8-3-9-15-21)24(17-19-10-4-1-5-11-19)18-20-12-6-2-7-13-20/h1-15,22H,17-18H2/t22-/m1/s1. The van der Waals surface area contributed by atoms with Gasteiger partial charge in [-0.3, -0.25) is 4.90 Å². The summed E-state index contributed by atoms with van der Waals surface area (Å²) in [5, 5.41) is 9.81. The van der Waals surface area contributed by atoms with Crippen molar-refractivity contribution in [2.24, 2.45) is 0 Å². The highest BCUT2D eigenvalue weighted by Crippen LogP contribution is 2.24. The molecule has 3 aromatic rings. The molecule has 2 nitrogen and oxygen atoms in total. The molecule has 0 N–H and O–H groups in total. The quantitative estimate of drug-likeness (QED) is 0.643. The molecule has 0 unspecified atom stereocenters. The van der Waals surface area contributed by atoms with Crippen molar-refractivity contribution in [3.05, 3.63) is 108 Å². The lowest BCUT2D eigenvalue weighted by molar-refractivity contribution is 0.217. The van der Waals surface area contributed by atoms with Gasteiger partial charge in [-0.25, -0.2) is 0 Å². The van der Waals surface area contributed by atoms with E-state index in [1.54, 1.807) is 0 Å². The van der Waals surface area contributed by atoms with E-state index in [0.717, 1.165) is 18.7 Å². The minimum Gasteiger partial charge on any atom is -0.276 e. The van der Waals surface area contributed by atoms with Crippen LogP contribution >= 0.6 is 0 Å². The molecule has 118 valence electrons. The first-order valence-electron chi connectivity index (χ1n) is 8.13. The zero-order valence-electron chi connectivity index (χ0n) is 13.5. The van der Waals surface area contributed by atoms with Gasteiger partial charge in [0.05, 0.1) is 6.07 Å². The predicted molar refractivity (Wildman–Crippen MR) is 96.9 cm³/mol. The molecule has 0 amide bonds. The van der Waals surface area contributed by atoms with Crippen LogP contribution in [0.25, 0.3) is 0 Å². The molecule has 0 saturated carbocycles. The molecule has 0 radical (unpaired) electrons. The molecular formula is C22H20N2. The van der Waals surface area contributed by atoms with Gasteiger partial charge in [0.1, 0.15) is 6.04 Å². The Morgan fingerprint density at radius 3 is 1.50 bits per heavy atom. The van der Waals surface area contributed by atoms with Gasteiger partial charge in [0.2, 0.25) is 0 Å². The number of hydrogen-bond acceptors (Lipinski definition) is 2. The third kappa shape index (κ3) is 4.10. The number of nitriles is 1. The highest BCUT2D eigenvalue weighted by Gasteiger charge is 2.20. The fourth-order valence-corrected chi connectivity index (χ4v) is 2.88. The van der Waals surface area contributed by atoms with E-state index in [1.807, 2.05) is 66.7 Å². The summed E-state index contributed by atoms with van der Waals surface area (Å²) in [6.07, 6.45) is 0. The third-order valence-corrected chi connectivity index (χ3v) is 4.06. The second-order valence-corrected chi connectivity index (χ2v) is 5.82. The first-order chi connectivity index (χ1) is 11.9. The molecule has 0 aliphatic rings. The van der Waals surface area contributed by atoms with Gasteiger partial charge in [-0.2, -0.15) is 5.26 Å². The molecule has 0 spiro atoms. The zero-order chi connectivity index (χ0) is 16.6. The van der Waals surface area contributed by atoms with Crippen molar-refractivity contribution in [2.75, 3.05) is 0 Å². The maximum atomic E-state index is 9.81. The lowest BCUT2D eigenvalue weighted by Crippen LogP contribution is -2.27. The fourth-order valence-electron chi connectivity index (χ4n) is 2.88. The molecule has 0 saturated heterocycles. The van der Waals surface area contributed by atoms with Crippen LogP contribution < -0.4 is 0 Å². The Hall–Kier alpha value is -2.89. The average molecular weight is 312 g/mol. The summed E-state index contributed by atoms with van der Waals surface area (Å²) in [4.78, 5) is 2.22. The van der Waals surface area contributed by atoms with Gasteiger partial charge in [-0.05, 0) is 16.7 Å². The topological polar surface area (TPSA) is 27.0 Å². The molecule has 0 bridgehead atoms. The van der Waals surface area contributed by atoms with Gasteiger partial charge in [-0.15, -0.1) is 0 Å². The Morgan fingerprint density at radius 2 is 1.08 bits per heavy atom. The van der Waals surface area contributed by atoms with E-state index in [-0.39, 0.29) is 6.04 Å². The van der Waals surface area contributed by atoms with Gasteiger partial charge in [0.15, 0.2) is 0 Å². The Bertz CT molecular complexity index is 735. The van der Waals surface area contributed by atoms with E-state index in [1.165, 1.54) is 11.1 Å². The summed E-state index contributed by atoms with van der Waals surface area (Å²) in [6, 6.07) is 32.9. The molecule has 3 aromatic carbocycles. The summed E-state index contributed by atoms with van der Waals surface area (Å²) >= 11 is 0. The van der Waals surface area contributed by atoms with Crippen LogP contribution in [-0.4, -0.2) is 4.90 Å². The summed E-state index contributed by atoms with van der Waals surface area (Å²) < 4.78 is 0. The maximum absolute atomic E-state index is 9.81.